The van der Waals surface area contributed by atoms with Gasteiger partial charge in [0, 0.05) is 11.1 Å². The summed E-state index contributed by atoms with van der Waals surface area (Å²) in [5.74, 6) is 0.561. The minimum atomic E-state index is -0.282. The minimum absolute atomic E-state index is 0.265. The van der Waals surface area contributed by atoms with Gasteiger partial charge in [0.1, 0.15) is 5.82 Å². The molecule has 0 spiro atoms. The van der Waals surface area contributed by atoms with Crippen LogP contribution in [-0.2, 0) is 0 Å². The Morgan fingerprint density at radius 2 is 2.21 bits per heavy atom. The maximum Gasteiger partial charge on any atom is 0.124 e. The van der Waals surface area contributed by atoms with Crippen molar-refractivity contribution in [1.29, 1.82) is 0 Å². The van der Waals surface area contributed by atoms with E-state index in [4.69, 9.17) is 17.3 Å². The Balaban J connectivity index is 2.25. The molecule has 1 saturated carbocycles. The van der Waals surface area contributed by atoms with Crippen LogP contribution in [0.1, 0.15) is 24.8 Å². The van der Waals surface area contributed by atoms with E-state index in [0.29, 0.717) is 16.9 Å². The summed E-state index contributed by atoms with van der Waals surface area (Å²) in [6, 6.07) is 4.86. The standard InChI is InChI=1S/C11H13ClFN/c1-6-9(5-11(6)14)8-3-2-7(13)4-10(8)12/h2-4,6,9,11H,5,14H2,1H3. The predicted molar refractivity (Wildman–Crippen MR) is 55.9 cm³/mol. The van der Waals surface area contributed by atoms with Crippen LogP contribution in [0.5, 0.6) is 0 Å². The number of benzene rings is 1. The Morgan fingerprint density at radius 1 is 1.50 bits per heavy atom. The van der Waals surface area contributed by atoms with Crippen molar-refractivity contribution in [3.63, 3.8) is 0 Å². The van der Waals surface area contributed by atoms with Gasteiger partial charge in [0.25, 0.3) is 0 Å². The summed E-state index contributed by atoms with van der Waals surface area (Å²) in [6.07, 6.45) is 0.951. The van der Waals surface area contributed by atoms with Gasteiger partial charge in [-0.25, -0.2) is 4.39 Å². The molecule has 0 bridgehead atoms. The molecule has 0 aliphatic heterocycles. The Labute approximate surface area is 88.1 Å². The van der Waals surface area contributed by atoms with Crippen molar-refractivity contribution in [2.75, 3.05) is 0 Å². The first kappa shape index (κ1) is 9.94. The molecule has 14 heavy (non-hydrogen) atoms. The van der Waals surface area contributed by atoms with Crippen LogP contribution in [0.25, 0.3) is 0 Å². The third kappa shape index (κ3) is 1.53. The molecule has 76 valence electrons. The monoisotopic (exact) mass is 213 g/mol. The van der Waals surface area contributed by atoms with Crippen molar-refractivity contribution in [1.82, 2.24) is 0 Å². The van der Waals surface area contributed by atoms with E-state index in [1.54, 1.807) is 6.07 Å². The molecule has 0 aromatic heterocycles. The maximum absolute atomic E-state index is 12.8. The van der Waals surface area contributed by atoms with Gasteiger partial charge in [-0.15, -0.1) is 0 Å². The number of hydrogen-bond donors (Lipinski definition) is 1. The Bertz CT molecular complexity index is 353. The molecule has 0 heterocycles. The van der Waals surface area contributed by atoms with Crippen LogP contribution < -0.4 is 5.73 Å². The molecule has 0 amide bonds. The van der Waals surface area contributed by atoms with E-state index in [0.717, 1.165) is 12.0 Å². The third-order valence-corrected chi connectivity index (χ3v) is 3.53. The van der Waals surface area contributed by atoms with Crippen LogP contribution in [0.3, 0.4) is 0 Å². The van der Waals surface area contributed by atoms with Crippen LogP contribution >= 0.6 is 11.6 Å². The lowest BCUT2D eigenvalue weighted by Gasteiger charge is -2.41. The molecular formula is C11H13ClFN. The molecule has 1 aromatic rings. The second kappa shape index (κ2) is 3.52. The molecular weight excluding hydrogens is 201 g/mol. The van der Waals surface area contributed by atoms with Crippen molar-refractivity contribution in [3.8, 4) is 0 Å². The topological polar surface area (TPSA) is 26.0 Å². The summed E-state index contributed by atoms with van der Waals surface area (Å²) in [7, 11) is 0. The Hall–Kier alpha value is -0.600. The SMILES string of the molecule is CC1C(N)CC1c1ccc(F)cc1Cl. The smallest absolute Gasteiger partial charge is 0.124 e. The van der Waals surface area contributed by atoms with Gasteiger partial charge >= 0.3 is 0 Å². The quantitative estimate of drug-likeness (QED) is 0.763. The van der Waals surface area contributed by atoms with E-state index >= 15 is 0 Å². The summed E-state index contributed by atoms with van der Waals surface area (Å²) in [5, 5.41) is 0.522. The maximum atomic E-state index is 12.8. The molecule has 0 radical (unpaired) electrons. The van der Waals surface area contributed by atoms with E-state index in [-0.39, 0.29) is 11.9 Å². The molecule has 3 heteroatoms. The molecule has 1 nitrogen and oxygen atoms in total. The number of halogens is 2. The van der Waals surface area contributed by atoms with Gasteiger partial charge in [0.15, 0.2) is 0 Å². The number of hydrogen-bond acceptors (Lipinski definition) is 1. The van der Waals surface area contributed by atoms with Crippen molar-refractivity contribution < 1.29 is 4.39 Å². The van der Waals surface area contributed by atoms with E-state index in [9.17, 15) is 4.39 Å². The first-order valence-electron chi connectivity index (χ1n) is 4.80. The highest BCUT2D eigenvalue weighted by molar-refractivity contribution is 6.31. The van der Waals surface area contributed by atoms with Gasteiger partial charge in [-0.05, 0) is 36.0 Å². The highest BCUT2D eigenvalue weighted by Gasteiger charge is 2.36. The molecule has 3 atom stereocenters. The fraction of sp³-hybridized carbons (Fsp3) is 0.455. The fourth-order valence-electron chi connectivity index (χ4n) is 2.04. The van der Waals surface area contributed by atoms with Gasteiger partial charge in [0.05, 0.1) is 0 Å². The normalized spacial score (nSPS) is 31.3. The zero-order valence-electron chi connectivity index (χ0n) is 8.00. The van der Waals surface area contributed by atoms with E-state index in [1.807, 2.05) is 0 Å². The van der Waals surface area contributed by atoms with Crippen LogP contribution in [0.4, 0.5) is 4.39 Å². The zero-order chi connectivity index (χ0) is 10.3. The van der Waals surface area contributed by atoms with Crippen molar-refractivity contribution in [3.05, 3.63) is 34.6 Å². The van der Waals surface area contributed by atoms with Crippen LogP contribution in [-0.4, -0.2) is 6.04 Å². The Kier molecular flexibility index (Phi) is 2.50. The van der Waals surface area contributed by atoms with Gasteiger partial charge in [-0.3, -0.25) is 0 Å². The molecule has 0 saturated heterocycles. The van der Waals surface area contributed by atoms with Crippen molar-refractivity contribution in [2.24, 2.45) is 11.7 Å². The molecule has 1 aliphatic carbocycles. The molecule has 2 rings (SSSR count). The number of nitrogens with two attached hydrogens (primary N) is 1. The fourth-order valence-corrected chi connectivity index (χ4v) is 2.34. The Morgan fingerprint density at radius 3 is 2.71 bits per heavy atom. The lowest BCUT2D eigenvalue weighted by molar-refractivity contribution is 0.226. The molecule has 2 N–H and O–H groups in total. The molecule has 3 unspecified atom stereocenters. The van der Waals surface area contributed by atoms with Gasteiger partial charge < -0.3 is 5.73 Å². The zero-order valence-corrected chi connectivity index (χ0v) is 8.76. The average Bonchev–Trinajstić information content (AvgIpc) is 2.15. The first-order valence-corrected chi connectivity index (χ1v) is 5.18. The lowest BCUT2D eigenvalue weighted by Crippen LogP contribution is -2.44. The second-order valence-electron chi connectivity index (χ2n) is 4.03. The van der Waals surface area contributed by atoms with Crippen molar-refractivity contribution in [2.45, 2.75) is 25.3 Å². The van der Waals surface area contributed by atoms with Crippen LogP contribution in [0.2, 0.25) is 5.02 Å². The van der Waals surface area contributed by atoms with E-state index in [2.05, 4.69) is 6.92 Å². The van der Waals surface area contributed by atoms with Gasteiger partial charge in [0.2, 0.25) is 0 Å². The van der Waals surface area contributed by atoms with Crippen molar-refractivity contribution >= 4 is 11.6 Å². The van der Waals surface area contributed by atoms with Gasteiger partial charge in [-0.1, -0.05) is 24.6 Å². The summed E-state index contributed by atoms with van der Waals surface area (Å²) in [4.78, 5) is 0. The molecule has 1 aromatic carbocycles. The largest absolute Gasteiger partial charge is 0.327 e. The summed E-state index contributed by atoms with van der Waals surface area (Å²) < 4.78 is 12.8. The van der Waals surface area contributed by atoms with E-state index in [1.165, 1.54) is 12.1 Å². The predicted octanol–water partition coefficient (Wildman–Crippen LogP) is 2.93. The highest BCUT2D eigenvalue weighted by atomic mass is 35.5. The third-order valence-electron chi connectivity index (χ3n) is 3.20. The molecule has 1 fully saturated rings. The van der Waals surface area contributed by atoms with E-state index < -0.39 is 0 Å². The summed E-state index contributed by atoms with van der Waals surface area (Å²) in [5.41, 5.74) is 6.84. The highest BCUT2D eigenvalue weighted by Crippen LogP contribution is 2.43. The average molecular weight is 214 g/mol. The minimum Gasteiger partial charge on any atom is -0.327 e. The van der Waals surface area contributed by atoms with Crippen LogP contribution in [0, 0.1) is 11.7 Å². The van der Waals surface area contributed by atoms with Gasteiger partial charge in [-0.2, -0.15) is 0 Å². The lowest BCUT2D eigenvalue weighted by atomic mass is 9.67. The first-order chi connectivity index (χ1) is 6.59. The summed E-state index contributed by atoms with van der Waals surface area (Å²) >= 11 is 5.97. The summed E-state index contributed by atoms with van der Waals surface area (Å²) in [6.45, 7) is 2.11. The van der Waals surface area contributed by atoms with Crippen LogP contribution in [0.15, 0.2) is 18.2 Å². The molecule has 1 aliphatic rings. The number of rotatable bonds is 1. The second-order valence-corrected chi connectivity index (χ2v) is 4.44.